The highest BCUT2D eigenvalue weighted by molar-refractivity contribution is 5.92. The van der Waals surface area contributed by atoms with Gasteiger partial charge in [0.15, 0.2) is 6.04 Å². The summed E-state index contributed by atoms with van der Waals surface area (Å²) in [6.07, 6.45) is -1.98. The van der Waals surface area contributed by atoms with Gasteiger partial charge in [-0.15, -0.1) is 0 Å². The van der Waals surface area contributed by atoms with Crippen LogP contribution in [0.25, 0.3) is 6.08 Å². The van der Waals surface area contributed by atoms with Gasteiger partial charge < -0.3 is 5.32 Å². The summed E-state index contributed by atoms with van der Waals surface area (Å²) in [6, 6.07) is 12.6. The predicted molar refractivity (Wildman–Crippen MR) is 83.6 cm³/mol. The molecule has 23 heavy (non-hydrogen) atoms. The molecule has 1 amide bonds. The minimum atomic E-state index is -4.56. The molecule has 2 aromatic carbocycles. The van der Waals surface area contributed by atoms with Gasteiger partial charge in [-0.1, -0.05) is 60.2 Å². The summed E-state index contributed by atoms with van der Waals surface area (Å²) in [5.41, 5.74) is 1.80. The van der Waals surface area contributed by atoms with E-state index in [4.69, 9.17) is 0 Å². The molecule has 0 fully saturated rings. The summed E-state index contributed by atoms with van der Waals surface area (Å²) < 4.78 is 39.4. The lowest BCUT2D eigenvalue weighted by Crippen LogP contribution is -2.37. The van der Waals surface area contributed by atoms with Gasteiger partial charge in [0.25, 0.3) is 0 Å². The summed E-state index contributed by atoms with van der Waals surface area (Å²) in [5, 5.41) is 2.00. The lowest BCUT2D eigenvalue weighted by Gasteiger charge is -2.21. The van der Waals surface area contributed by atoms with Crippen molar-refractivity contribution in [3.8, 4) is 0 Å². The van der Waals surface area contributed by atoms with Crippen molar-refractivity contribution in [1.82, 2.24) is 5.32 Å². The molecule has 0 aromatic heterocycles. The van der Waals surface area contributed by atoms with E-state index in [1.807, 2.05) is 24.4 Å². The summed E-state index contributed by atoms with van der Waals surface area (Å²) in [7, 11) is 0. The quantitative estimate of drug-likeness (QED) is 0.830. The van der Waals surface area contributed by atoms with Gasteiger partial charge in [0.2, 0.25) is 5.91 Å². The molecule has 0 aliphatic heterocycles. The molecule has 2 nitrogen and oxygen atoms in total. The first-order chi connectivity index (χ1) is 10.9. The Balaban J connectivity index is 2.10. The largest absolute Gasteiger partial charge is 0.412 e. The van der Waals surface area contributed by atoms with Gasteiger partial charge in [-0.2, -0.15) is 13.2 Å². The van der Waals surface area contributed by atoms with E-state index < -0.39 is 18.1 Å². The van der Waals surface area contributed by atoms with Gasteiger partial charge in [0, 0.05) is 6.08 Å². The highest BCUT2D eigenvalue weighted by Crippen LogP contribution is 2.32. The zero-order valence-corrected chi connectivity index (χ0v) is 12.5. The van der Waals surface area contributed by atoms with E-state index in [1.54, 1.807) is 18.2 Å². The standard InChI is InChI=1S/C18H16F3NO/c1-13-7-9-14(10-8-13)11-12-16(23)22-17(18(19,20)21)15-5-3-2-4-6-15/h2-12,17H,1H3,(H,22,23)/b12-11+. The Morgan fingerprint density at radius 2 is 1.65 bits per heavy atom. The maximum absolute atomic E-state index is 13.1. The average molecular weight is 319 g/mol. The molecule has 0 radical (unpaired) electrons. The fourth-order valence-corrected chi connectivity index (χ4v) is 2.04. The van der Waals surface area contributed by atoms with Gasteiger partial charge in [0.05, 0.1) is 0 Å². The highest BCUT2D eigenvalue weighted by Gasteiger charge is 2.41. The molecule has 1 N–H and O–H groups in total. The van der Waals surface area contributed by atoms with Gasteiger partial charge in [0.1, 0.15) is 0 Å². The lowest BCUT2D eigenvalue weighted by atomic mass is 10.1. The van der Waals surface area contributed by atoms with Gasteiger partial charge in [-0.3, -0.25) is 4.79 Å². The number of carbonyl (C=O) groups is 1. The molecule has 0 aliphatic rings. The molecular formula is C18H16F3NO. The first kappa shape index (κ1) is 16.8. The Morgan fingerprint density at radius 1 is 1.04 bits per heavy atom. The number of aryl methyl sites for hydroxylation is 1. The summed E-state index contributed by atoms with van der Waals surface area (Å²) in [6.45, 7) is 1.92. The van der Waals surface area contributed by atoms with E-state index in [2.05, 4.69) is 0 Å². The molecule has 5 heteroatoms. The first-order valence-corrected chi connectivity index (χ1v) is 7.03. The van der Waals surface area contributed by atoms with E-state index in [0.717, 1.165) is 17.2 Å². The van der Waals surface area contributed by atoms with Crippen molar-refractivity contribution in [1.29, 1.82) is 0 Å². The van der Waals surface area contributed by atoms with Crippen LogP contribution in [-0.4, -0.2) is 12.1 Å². The molecule has 0 heterocycles. The maximum Gasteiger partial charge on any atom is 0.412 e. The highest BCUT2D eigenvalue weighted by atomic mass is 19.4. The van der Waals surface area contributed by atoms with Crippen LogP contribution in [0.5, 0.6) is 0 Å². The van der Waals surface area contributed by atoms with E-state index in [-0.39, 0.29) is 5.56 Å². The average Bonchev–Trinajstić information content (AvgIpc) is 2.52. The molecule has 120 valence electrons. The lowest BCUT2D eigenvalue weighted by molar-refractivity contribution is -0.162. The van der Waals surface area contributed by atoms with Crippen LogP contribution < -0.4 is 5.32 Å². The van der Waals surface area contributed by atoms with E-state index in [0.29, 0.717) is 0 Å². The second-order valence-electron chi connectivity index (χ2n) is 5.14. The van der Waals surface area contributed by atoms with Crippen LogP contribution >= 0.6 is 0 Å². The van der Waals surface area contributed by atoms with Crippen molar-refractivity contribution >= 4 is 12.0 Å². The fourth-order valence-electron chi connectivity index (χ4n) is 2.04. The first-order valence-electron chi connectivity index (χ1n) is 7.03. The Morgan fingerprint density at radius 3 is 2.22 bits per heavy atom. The van der Waals surface area contributed by atoms with E-state index >= 15 is 0 Å². The van der Waals surface area contributed by atoms with Crippen LogP contribution in [0.3, 0.4) is 0 Å². The fraction of sp³-hybridized carbons (Fsp3) is 0.167. The number of hydrogen-bond donors (Lipinski definition) is 1. The molecule has 0 saturated carbocycles. The van der Waals surface area contributed by atoms with Crippen LogP contribution in [0.2, 0.25) is 0 Å². The summed E-state index contributed by atoms with van der Waals surface area (Å²) >= 11 is 0. The SMILES string of the molecule is Cc1ccc(/C=C/C(=O)NC(c2ccccc2)C(F)(F)F)cc1. The molecule has 2 rings (SSSR count). The number of benzene rings is 2. The van der Waals surface area contributed by atoms with E-state index in [9.17, 15) is 18.0 Å². The van der Waals surface area contributed by atoms with Crippen LogP contribution in [0, 0.1) is 6.92 Å². The molecule has 0 bridgehead atoms. The number of nitrogens with one attached hydrogen (secondary N) is 1. The normalized spacial score (nSPS) is 13.0. The summed E-state index contributed by atoms with van der Waals surface area (Å²) in [5.74, 6) is -0.795. The number of alkyl halides is 3. The van der Waals surface area contributed by atoms with Gasteiger partial charge in [-0.25, -0.2) is 0 Å². The molecule has 0 spiro atoms. The molecule has 2 aromatic rings. The molecular weight excluding hydrogens is 303 g/mol. The zero-order valence-electron chi connectivity index (χ0n) is 12.5. The topological polar surface area (TPSA) is 29.1 Å². The summed E-state index contributed by atoms with van der Waals surface area (Å²) in [4.78, 5) is 11.8. The van der Waals surface area contributed by atoms with Crippen molar-refractivity contribution in [3.05, 3.63) is 77.4 Å². The third-order valence-corrected chi connectivity index (χ3v) is 3.25. The molecule has 0 saturated heterocycles. The minimum absolute atomic E-state index is 0.00270. The van der Waals surface area contributed by atoms with Crippen molar-refractivity contribution in [2.45, 2.75) is 19.1 Å². The number of amides is 1. The third kappa shape index (κ3) is 4.98. The Labute approximate surface area is 132 Å². The van der Waals surface area contributed by atoms with Gasteiger partial charge >= 0.3 is 6.18 Å². The number of hydrogen-bond acceptors (Lipinski definition) is 1. The predicted octanol–water partition coefficient (Wildman–Crippen LogP) is 4.43. The van der Waals surface area contributed by atoms with Crippen molar-refractivity contribution in [2.75, 3.05) is 0 Å². The molecule has 1 atom stereocenters. The van der Waals surface area contributed by atoms with Crippen LogP contribution in [0.4, 0.5) is 13.2 Å². The monoisotopic (exact) mass is 319 g/mol. The molecule has 0 aliphatic carbocycles. The second kappa shape index (κ2) is 7.13. The Kier molecular flexibility index (Phi) is 5.21. The van der Waals surface area contributed by atoms with Gasteiger partial charge in [-0.05, 0) is 24.1 Å². The zero-order chi connectivity index (χ0) is 16.9. The minimum Gasteiger partial charge on any atom is -0.337 e. The Bertz CT molecular complexity index is 676. The second-order valence-corrected chi connectivity index (χ2v) is 5.14. The van der Waals surface area contributed by atoms with Crippen LogP contribution in [-0.2, 0) is 4.79 Å². The third-order valence-electron chi connectivity index (χ3n) is 3.25. The van der Waals surface area contributed by atoms with Crippen molar-refractivity contribution < 1.29 is 18.0 Å². The molecule has 1 unspecified atom stereocenters. The number of rotatable bonds is 4. The number of carbonyl (C=O) groups excluding carboxylic acids is 1. The Hall–Kier alpha value is -2.56. The van der Waals surface area contributed by atoms with Crippen LogP contribution in [0.15, 0.2) is 60.7 Å². The van der Waals surface area contributed by atoms with E-state index in [1.165, 1.54) is 30.3 Å². The smallest absolute Gasteiger partial charge is 0.337 e. The maximum atomic E-state index is 13.1. The number of halogens is 3. The van der Waals surface area contributed by atoms with Crippen molar-refractivity contribution in [2.24, 2.45) is 0 Å². The van der Waals surface area contributed by atoms with Crippen LogP contribution in [0.1, 0.15) is 22.7 Å². The van der Waals surface area contributed by atoms with Crippen molar-refractivity contribution in [3.63, 3.8) is 0 Å².